The summed E-state index contributed by atoms with van der Waals surface area (Å²) in [6.07, 6.45) is 2.68. The van der Waals surface area contributed by atoms with Crippen LogP contribution >= 0.6 is 11.6 Å². The Morgan fingerprint density at radius 1 is 1.33 bits per heavy atom. The van der Waals surface area contributed by atoms with Crippen molar-refractivity contribution in [2.75, 3.05) is 7.11 Å². The minimum atomic E-state index is -0.578. The van der Waals surface area contributed by atoms with Crippen LogP contribution in [0.15, 0.2) is 35.4 Å². The number of pyridine rings is 1. The zero-order chi connectivity index (χ0) is 17.4. The van der Waals surface area contributed by atoms with Crippen molar-refractivity contribution in [1.29, 1.82) is 0 Å². The number of halogens is 2. The molecule has 7 heteroatoms. The summed E-state index contributed by atoms with van der Waals surface area (Å²) >= 11 is 5.77. The molecule has 0 aliphatic rings. The molecule has 0 amide bonds. The fourth-order valence-corrected chi connectivity index (χ4v) is 2.73. The fourth-order valence-electron chi connectivity index (χ4n) is 2.59. The van der Waals surface area contributed by atoms with E-state index >= 15 is 0 Å². The number of aromatic nitrogens is 3. The molecule has 0 aliphatic carbocycles. The molecule has 5 nitrogen and oxygen atoms in total. The van der Waals surface area contributed by atoms with E-state index < -0.39 is 5.82 Å². The standard InChI is InChI=1S/C17H15ClFN3O2/c1-9(2)22-8-14(24-3)16(23)11-5-4-10(6-13(11)22)15-12(19)7-20-17(18)21-15/h4-9H,1-3H3. The van der Waals surface area contributed by atoms with Crippen molar-refractivity contribution in [1.82, 2.24) is 14.5 Å². The number of ether oxygens (including phenoxy) is 1. The smallest absolute Gasteiger partial charge is 0.231 e. The molecule has 0 bridgehead atoms. The zero-order valence-electron chi connectivity index (χ0n) is 13.4. The van der Waals surface area contributed by atoms with Gasteiger partial charge in [-0.15, -0.1) is 0 Å². The lowest BCUT2D eigenvalue weighted by Gasteiger charge is -2.17. The van der Waals surface area contributed by atoms with E-state index in [1.165, 1.54) is 7.11 Å². The van der Waals surface area contributed by atoms with Gasteiger partial charge >= 0.3 is 0 Å². The predicted octanol–water partition coefficient (Wildman–Crippen LogP) is 3.84. The van der Waals surface area contributed by atoms with Crippen LogP contribution in [0.2, 0.25) is 5.28 Å². The third kappa shape index (κ3) is 2.73. The predicted molar refractivity (Wildman–Crippen MR) is 91.1 cm³/mol. The first-order chi connectivity index (χ1) is 11.4. The molecule has 2 aromatic heterocycles. The van der Waals surface area contributed by atoms with E-state index in [0.717, 1.165) is 6.20 Å². The molecule has 3 rings (SSSR count). The molecule has 124 valence electrons. The molecule has 2 heterocycles. The molecule has 0 saturated carbocycles. The van der Waals surface area contributed by atoms with E-state index in [0.29, 0.717) is 16.5 Å². The van der Waals surface area contributed by atoms with Gasteiger partial charge in [0, 0.05) is 17.0 Å². The van der Waals surface area contributed by atoms with Crippen LogP contribution in [-0.4, -0.2) is 21.6 Å². The van der Waals surface area contributed by atoms with Crippen molar-refractivity contribution in [3.63, 3.8) is 0 Å². The zero-order valence-corrected chi connectivity index (χ0v) is 14.1. The van der Waals surface area contributed by atoms with E-state index in [4.69, 9.17) is 16.3 Å². The maximum Gasteiger partial charge on any atom is 0.231 e. The maximum absolute atomic E-state index is 14.0. The summed E-state index contributed by atoms with van der Waals surface area (Å²) in [5, 5.41) is 0.454. The molecule has 0 saturated heterocycles. The molecular formula is C17H15ClFN3O2. The normalized spacial score (nSPS) is 11.2. The van der Waals surface area contributed by atoms with Gasteiger partial charge in [0.1, 0.15) is 5.69 Å². The van der Waals surface area contributed by atoms with Crippen LogP contribution in [0, 0.1) is 5.82 Å². The molecule has 3 aromatic rings. The summed E-state index contributed by atoms with van der Waals surface area (Å²) in [6.45, 7) is 3.97. The summed E-state index contributed by atoms with van der Waals surface area (Å²) in [6, 6.07) is 5.08. The highest BCUT2D eigenvalue weighted by Crippen LogP contribution is 2.27. The van der Waals surface area contributed by atoms with Gasteiger partial charge in [-0.2, -0.15) is 0 Å². The Morgan fingerprint density at radius 2 is 2.08 bits per heavy atom. The van der Waals surface area contributed by atoms with Gasteiger partial charge in [0.15, 0.2) is 11.6 Å². The van der Waals surface area contributed by atoms with Gasteiger partial charge in [-0.1, -0.05) is 6.07 Å². The van der Waals surface area contributed by atoms with E-state index in [9.17, 15) is 9.18 Å². The van der Waals surface area contributed by atoms with E-state index in [1.807, 2.05) is 18.4 Å². The Morgan fingerprint density at radius 3 is 2.75 bits per heavy atom. The van der Waals surface area contributed by atoms with Crippen molar-refractivity contribution < 1.29 is 9.13 Å². The average Bonchev–Trinajstić information content (AvgIpc) is 2.57. The van der Waals surface area contributed by atoms with Crippen molar-refractivity contribution in [2.45, 2.75) is 19.9 Å². The minimum absolute atomic E-state index is 0.0394. The first-order valence-corrected chi connectivity index (χ1v) is 7.71. The van der Waals surface area contributed by atoms with Gasteiger partial charge in [0.25, 0.3) is 0 Å². The van der Waals surface area contributed by atoms with Gasteiger partial charge in [0.05, 0.1) is 25.0 Å². The third-order valence-electron chi connectivity index (χ3n) is 3.77. The van der Waals surface area contributed by atoms with Crippen molar-refractivity contribution in [3.8, 4) is 17.0 Å². The number of benzene rings is 1. The van der Waals surface area contributed by atoms with Gasteiger partial charge in [-0.25, -0.2) is 14.4 Å². The van der Waals surface area contributed by atoms with E-state index in [1.54, 1.807) is 24.4 Å². The van der Waals surface area contributed by atoms with Gasteiger partial charge in [-0.05, 0) is 37.6 Å². The van der Waals surface area contributed by atoms with Crippen LogP contribution in [-0.2, 0) is 0 Å². The number of methoxy groups -OCH3 is 1. The number of fused-ring (bicyclic) bond motifs is 1. The van der Waals surface area contributed by atoms with Gasteiger partial charge in [-0.3, -0.25) is 4.79 Å². The molecule has 0 aliphatic heterocycles. The Kier molecular flexibility index (Phi) is 4.24. The van der Waals surface area contributed by atoms with Gasteiger partial charge in [0.2, 0.25) is 10.7 Å². The molecule has 0 N–H and O–H groups in total. The van der Waals surface area contributed by atoms with Crippen molar-refractivity contribution in [3.05, 3.63) is 51.9 Å². The SMILES string of the molecule is COc1cn(C(C)C)c2cc(-c3nc(Cl)ncc3F)ccc2c1=O. The highest BCUT2D eigenvalue weighted by molar-refractivity contribution is 6.28. The molecule has 0 unspecified atom stereocenters. The second-order valence-corrected chi connectivity index (χ2v) is 5.93. The van der Waals surface area contributed by atoms with E-state index in [-0.39, 0.29) is 28.2 Å². The van der Waals surface area contributed by atoms with Crippen LogP contribution in [0.25, 0.3) is 22.2 Å². The largest absolute Gasteiger partial charge is 0.491 e. The Bertz CT molecular complexity index is 985. The first kappa shape index (κ1) is 16.4. The average molecular weight is 348 g/mol. The van der Waals surface area contributed by atoms with Crippen LogP contribution in [0.1, 0.15) is 19.9 Å². The van der Waals surface area contributed by atoms with Gasteiger partial charge < -0.3 is 9.30 Å². The van der Waals surface area contributed by atoms with Crippen molar-refractivity contribution >= 4 is 22.5 Å². The Labute approximate surface area is 142 Å². The second kappa shape index (κ2) is 6.20. The minimum Gasteiger partial charge on any atom is -0.491 e. The molecule has 0 fully saturated rings. The summed E-state index contributed by atoms with van der Waals surface area (Å²) in [4.78, 5) is 20.0. The topological polar surface area (TPSA) is 57.0 Å². The van der Waals surface area contributed by atoms with Crippen LogP contribution in [0.5, 0.6) is 5.75 Å². The van der Waals surface area contributed by atoms with Crippen LogP contribution < -0.4 is 10.2 Å². The Hall–Kier alpha value is -2.47. The number of hydrogen-bond donors (Lipinski definition) is 0. The van der Waals surface area contributed by atoms with Crippen LogP contribution in [0.3, 0.4) is 0 Å². The monoisotopic (exact) mass is 347 g/mol. The lowest BCUT2D eigenvalue weighted by Crippen LogP contribution is -2.13. The summed E-state index contributed by atoms with van der Waals surface area (Å²) < 4.78 is 21.1. The fraction of sp³-hybridized carbons (Fsp3) is 0.235. The summed E-state index contributed by atoms with van der Waals surface area (Å²) in [7, 11) is 1.46. The maximum atomic E-state index is 14.0. The van der Waals surface area contributed by atoms with Crippen LogP contribution in [0.4, 0.5) is 4.39 Å². The molecular weight excluding hydrogens is 333 g/mol. The summed E-state index contributed by atoms with van der Waals surface area (Å²) in [5.74, 6) is -0.314. The van der Waals surface area contributed by atoms with E-state index in [2.05, 4.69) is 9.97 Å². The highest BCUT2D eigenvalue weighted by Gasteiger charge is 2.15. The van der Waals surface area contributed by atoms with Crippen molar-refractivity contribution in [2.24, 2.45) is 0 Å². The molecule has 0 spiro atoms. The number of hydrogen-bond acceptors (Lipinski definition) is 4. The third-order valence-corrected chi connectivity index (χ3v) is 3.95. The molecule has 24 heavy (non-hydrogen) atoms. The number of rotatable bonds is 3. The Balaban J connectivity index is 2.33. The quantitative estimate of drug-likeness (QED) is 0.675. The molecule has 0 radical (unpaired) electrons. The second-order valence-electron chi connectivity index (χ2n) is 5.60. The lowest BCUT2D eigenvalue weighted by atomic mass is 10.1. The number of nitrogens with zero attached hydrogens (tertiary/aromatic N) is 3. The molecule has 0 atom stereocenters. The molecule has 1 aromatic carbocycles. The summed E-state index contributed by atoms with van der Waals surface area (Å²) in [5.41, 5.74) is 1.07. The lowest BCUT2D eigenvalue weighted by molar-refractivity contribution is 0.404. The highest BCUT2D eigenvalue weighted by atomic mass is 35.5. The first-order valence-electron chi connectivity index (χ1n) is 7.33.